The summed E-state index contributed by atoms with van der Waals surface area (Å²) in [5.74, 6) is 0. The molecule has 0 N–H and O–H groups in total. The van der Waals surface area contributed by atoms with Crippen molar-refractivity contribution in [2.24, 2.45) is 5.41 Å². The Morgan fingerprint density at radius 2 is 1.93 bits per heavy atom. The van der Waals surface area contributed by atoms with Crippen molar-refractivity contribution < 1.29 is 8.42 Å². The summed E-state index contributed by atoms with van der Waals surface area (Å²) >= 11 is 0. The third-order valence-electron chi connectivity index (χ3n) is 3.43. The molecule has 0 aromatic heterocycles. The lowest BCUT2D eigenvalue weighted by molar-refractivity contribution is 0.136. The van der Waals surface area contributed by atoms with Crippen molar-refractivity contribution in [1.82, 2.24) is 4.31 Å². The van der Waals surface area contributed by atoms with E-state index in [9.17, 15) is 8.42 Å². The standard InChI is InChI=1S/C9H18ClNO2S/c1-3-9(4-2)6-5-7-11(8-9)14(10,12)13/h3-8H2,1-2H3. The first kappa shape index (κ1) is 12.3. The van der Waals surface area contributed by atoms with Gasteiger partial charge in [0.05, 0.1) is 0 Å². The van der Waals surface area contributed by atoms with Gasteiger partial charge in [0.1, 0.15) is 0 Å². The Morgan fingerprint density at radius 1 is 1.36 bits per heavy atom. The smallest absolute Gasteiger partial charge is 0.195 e. The minimum atomic E-state index is -3.51. The van der Waals surface area contributed by atoms with Crippen molar-refractivity contribution in [2.45, 2.75) is 39.5 Å². The van der Waals surface area contributed by atoms with Crippen LogP contribution in [0.15, 0.2) is 0 Å². The largest absolute Gasteiger partial charge is 0.299 e. The molecule has 0 atom stereocenters. The zero-order chi connectivity index (χ0) is 10.8. The minimum Gasteiger partial charge on any atom is -0.195 e. The van der Waals surface area contributed by atoms with E-state index in [-0.39, 0.29) is 5.41 Å². The van der Waals surface area contributed by atoms with Gasteiger partial charge in [-0.05, 0) is 31.1 Å². The van der Waals surface area contributed by atoms with E-state index in [1.807, 2.05) is 0 Å². The average molecular weight is 240 g/mol. The minimum absolute atomic E-state index is 0.153. The maximum atomic E-state index is 11.2. The number of halogens is 1. The van der Waals surface area contributed by atoms with Crippen LogP contribution >= 0.6 is 10.7 Å². The van der Waals surface area contributed by atoms with Gasteiger partial charge in [-0.25, -0.2) is 0 Å². The molecule has 1 rings (SSSR count). The van der Waals surface area contributed by atoms with Crippen LogP contribution in [-0.2, 0) is 9.24 Å². The number of rotatable bonds is 3. The van der Waals surface area contributed by atoms with E-state index >= 15 is 0 Å². The molecular weight excluding hydrogens is 222 g/mol. The molecule has 0 unspecified atom stereocenters. The van der Waals surface area contributed by atoms with Crippen molar-refractivity contribution in [1.29, 1.82) is 0 Å². The summed E-state index contributed by atoms with van der Waals surface area (Å²) in [6, 6.07) is 0. The van der Waals surface area contributed by atoms with E-state index in [0.29, 0.717) is 13.1 Å². The fourth-order valence-corrected chi connectivity index (χ4v) is 3.30. The van der Waals surface area contributed by atoms with Crippen LogP contribution in [0.25, 0.3) is 0 Å². The summed E-state index contributed by atoms with van der Waals surface area (Å²) in [6.07, 6.45) is 4.08. The third kappa shape index (κ3) is 2.61. The second-order valence-electron chi connectivity index (χ2n) is 4.09. The third-order valence-corrected chi connectivity index (χ3v) is 4.95. The van der Waals surface area contributed by atoms with Gasteiger partial charge in [0.15, 0.2) is 0 Å². The SMILES string of the molecule is CCC1(CC)CCCN(S(=O)(=O)Cl)C1. The maximum Gasteiger partial charge on any atom is 0.299 e. The van der Waals surface area contributed by atoms with E-state index in [1.54, 1.807) is 0 Å². The number of nitrogens with zero attached hydrogens (tertiary/aromatic N) is 1. The summed E-state index contributed by atoms with van der Waals surface area (Å²) < 4.78 is 23.8. The Kier molecular flexibility index (Phi) is 3.83. The highest BCUT2D eigenvalue weighted by Gasteiger charge is 2.36. The molecular formula is C9H18ClNO2S. The second kappa shape index (κ2) is 4.37. The number of hydrogen-bond donors (Lipinski definition) is 0. The summed E-state index contributed by atoms with van der Waals surface area (Å²) in [5, 5.41) is 0. The van der Waals surface area contributed by atoms with Crippen LogP contribution in [-0.4, -0.2) is 25.8 Å². The molecule has 3 nitrogen and oxygen atoms in total. The molecule has 0 spiro atoms. The van der Waals surface area contributed by atoms with Crippen LogP contribution in [0.4, 0.5) is 0 Å². The molecule has 84 valence electrons. The van der Waals surface area contributed by atoms with Gasteiger partial charge in [-0.3, -0.25) is 0 Å². The molecule has 14 heavy (non-hydrogen) atoms. The summed E-state index contributed by atoms with van der Waals surface area (Å²) in [7, 11) is 1.84. The molecule has 0 saturated carbocycles. The maximum absolute atomic E-state index is 11.2. The monoisotopic (exact) mass is 239 g/mol. The zero-order valence-corrected chi connectivity index (χ0v) is 10.4. The molecule has 0 aromatic carbocycles. The van der Waals surface area contributed by atoms with Gasteiger partial charge in [0.25, 0.3) is 9.24 Å². The number of piperidine rings is 1. The van der Waals surface area contributed by atoms with Crippen molar-refractivity contribution in [3.05, 3.63) is 0 Å². The van der Waals surface area contributed by atoms with E-state index in [2.05, 4.69) is 13.8 Å². The van der Waals surface area contributed by atoms with Gasteiger partial charge >= 0.3 is 0 Å². The average Bonchev–Trinajstić information content (AvgIpc) is 2.16. The highest BCUT2D eigenvalue weighted by molar-refractivity contribution is 8.11. The molecule has 1 saturated heterocycles. The number of hydrogen-bond acceptors (Lipinski definition) is 2. The van der Waals surface area contributed by atoms with Crippen molar-refractivity contribution in [2.75, 3.05) is 13.1 Å². The Bertz CT molecular complexity index is 285. The molecule has 1 aliphatic heterocycles. The second-order valence-corrected chi connectivity index (χ2v) is 6.60. The Morgan fingerprint density at radius 3 is 2.36 bits per heavy atom. The topological polar surface area (TPSA) is 37.4 Å². The molecule has 5 heteroatoms. The van der Waals surface area contributed by atoms with Crippen molar-refractivity contribution >= 4 is 19.9 Å². The Hall–Kier alpha value is 0.200. The molecule has 0 aliphatic carbocycles. The first-order valence-corrected chi connectivity index (χ1v) is 7.40. The van der Waals surface area contributed by atoms with Crippen molar-refractivity contribution in [3.8, 4) is 0 Å². The fraction of sp³-hybridized carbons (Fsp3) is 1.00. The summed E-state index contributed by atoms with van der Waals surface area (Å²) in [4.78, 5) is 0. The van der Waals surface area contributed by atoms with Crippen molar-refractivity contribution in [3.63, 3.8) is 0 Å². The first-order chi connectivity index (χ1) is 6.43. The fourth-order valence-electron chi connectivity index (χ4n) is 2.18. The van der Waals surface area contributed by atoms with E-state index in [1.165, 1.54) is 4.31 Å². The summed E-state index contributed by atoms with van der Waals surface area (Å²) in [6.45, 7) is 5.40. The predicted octanol–water partition coefficient (Wildman–Crippen LogP) is 2.37. The molecule has 0 aromatic rings. The van der Waals surface area contributed by atoms with Crippen LogP contribution in [0.5, 0.6) is 0 Å². The molecule has 0 amide bonds. The first-order valence-electron chi connectivity index (χ1n) is 5.13. The van der Waals surface area contributed by atoms with E-state index in [0.717, 1.165) is 25.7 Å². The normalized spacial score (nSPS) is 23.6. The molecule has 1 aliphatic rings. The van der Waals surface area contributed by atoms with Crippen LogP contribution in [0, 0.1) is 5.41 Å². The zero-order valence-electron chi connectivity index (χ0n) is 8.79. The van der Waals surface area contributed by atoms with Crippen LogP contribution in [0.2, 0.25) is 0 Å². The molecule has 0 bridgehead atoms. The van der Waals surface area contributed by atoms with Gasteiger partial charge in [0, 0.05) is 23.8 Å². The van der Waals surface area contributed by atoms with Gasteiger partial charge in [-0.2, -0.15) is 12.7 Å². The van der Waals surface area contributed by atoms with Crippen LogP contribution in [0.3, 0.4) is 0 Å². The predicted molar refractivity (Wildman–Crippen MR) is 58.6 cm³/mol. The highest BCUT2D eigenvalue weighted by atomic mass is 35.7. The lowest BCUT2D eigenvalue weighted by Gasteiger charge is -2.40. The van der Waals surface area contributed by atoms with E-state index < -0.39 is 9.24 Å². The molecule has 0 radical (unpaired) electrons. The molecule has 1 fully saturated rings. The van der Waals surface area contributed by atoms with E-state index in [4.69, 9.17) is 10.7 Å². The lowest BCUT2D eigenvalue weighted by Crippen LogP contribution is -2.44. The van der Waals surface area contributed by atoms with Gasteiger partial charge in [-0.1, -0.05) is 13.8 Å². The quantitative estimate of drug-likeness (QED) is 0.710. The Balaban J connectivity index is 2.78. The van der Waals surface area contributed by atoms with Crippen LogP contribution < -0.4 is 0 Å². The van der Waals surface area contributed by atoms with Gasteiger partial charge < -0.3 is 0 Å². The molecule has 1 heterocycles. The van der Waals surface area contributed by atoms with Gasteiger partial charge in [0.2, 0.25) is 0 Å². The summed E-state index contributed by atoms with van der Waals surface area (Å²) in [5.41, 5.74) is 0.153. The Labute approximate surface area is 91.0 Å². The van der Waals surface area contributed by atoms with Crippen LogP contribution in [0.1, 0.15) is 39.5 Å². The van der Waals surface area contributed by atoms with Gasteiger partial charge in [-0.15, -0.1) is 0 Å². The lowest BCUT2D eigenvalue weighted by atomic mass is 9.76. The highest BCUT2D eigenvalue weighted by Crippen LogP contribution is 2.37.